The molecule has 0 saturated carbocycles. The molecule has 2 saturated heterocycles. The fraction of sp³-hybridized carbons (Fsp3) is 0.500. The summed E-state index contributed by atoms with van der Waals surface area (Å²) < 4.78 is 11.3. The topological polar surface area (TPSA) is 95.0 Å². The predicted octanol–water partition coefficient (Wildman–Crippen LogP) is 0.0121. The number of aliphatic hydroxyl groups is 1. The molecule has 5 atom stereocenters. The molecule has 0 bridgehead atoms. The molecular weight excluding hydrogens is 362 g/mol. The maximum absolute atomic E-state index is 13.4. The van der Waals surface area contributed by atoms with Gasteiger partial charge in [-0.15, -0.1) is 0 Å². The summed E-state index contributed by atoms with van der Waals surface area (Å²) in [7, 11) is 3.59. The van der Waals surface area contributed by atoms with Crippen LogP contribution in [-0.4, -0.2) is 71.6 Å². The first-order valence-electron chi connectivity index (χ1n) is 9.43. The Labute approximate surface area is 162 Å². The van der Waals surface area contributed by atoms with E-state index in [0.29, 0.717) is 35.7 Å². The Hall–Kier alpha value is -2.42. The van der Waals surface area contributed by atoms with Gasteiger partial charge in [0, 0.05) is 30.8 Å². The first kappa shape index (κ1) is 17.7. The van der Waals surface area contributed by atoms with E-state index in [4.69, 9.17) is 9.15 Å². The molecule has 0 radical (unpaired) electrons. The van der Waals surface area contributed by atoms with Crippen molar-refractivity contribution < 1.29 is 23.8 Å². The largest absolute Gasteiger partial charge is 0.467 e. The number of ketones is 2. The Morgan fingerprint density at radius 2 is 2.18 bits per heavy atom. The molecule has 2 N–H and O–H groups in total. The van der Waals surface area contributed by atoms with Crippen molar-refractivity contribution in [3.63, 3.8) is 0 Å². The Kier molecular flexibility index (Phi) is 3.65. The lowest BCUT2D eigenvalue weighted by Crippen LogP contribution is -2.55. The zero-order valence-electron chi connectivity index (χ0n) is 16.1. The molecule has 8 nitrogen and oxygen atoms in total. The number of hydrogen-bond acceptors (Lipinski definition) is 8. The summed E-state index contributed by atoms with van der Waals surface area (Å²) in [6.07, 6.45) is 1.56. The molecule has 148 valence electrons. The van der Waals surface area contributed by atoms with E-state index in [1.54, 1.807) is 32.4 Å². The molecule has 4 aliphatic rings. The van der Waals surface area contributed by atoms with Crippen molar-refractivity contribution in [3.8, 4) is 0 Å². The normalized spacial score (nSPS) is 36.1. The smallest absolute Gasteiger partial charge is 0.208 e. The minimum absolute atomic E-state index is 0.0562. The number of nitrogens with zero attached hydrogens (tertiary/aromatic N) is 2. The number of carbonyl (C=O) groups excluding carboxylic acids is 2. The van der Waals surface area contributed by atoms with Gasteiger partial charge in [0.05, 0.1) is 42.8 Å². The van der Waals surface area contributed by atoms with E-state index in [0.717, 1.165) is 0 Å². The number of nitrogens with one attached hydrogen (secondary N) is 1. The van der Waals surface area contributed by atoms with Gasteiger partial charge in [-0.3, -0.25) is 14.5 Å². The number of carbonyl (C=O) groups is 2. The van der Waals surface area contributed by atoms with Crippen LogP contribution in [0.3, 0.4) is 0 Å². The number of allylic oxidation sites excluding steroid dienone is 2. The third-order valence-electron chi connectivity index (χ3n) is 6.76. The quantitative estimate of drug-likeness (QED) is 0.541. The van der Waals surface area contributed by atoms with Crippen molar-refractivity contribution >= 4 is 11.6 Å². The van der Waals surface area contributed by atoms with Crippen LogP contribution in [0.5, 0.6) is 0 Å². The lowest BCUT2D eigenvalue weighted by molar-refractivity contribution is -0.144. The number of furan rings is 1. The van der Waals surface area contributed by atoms with Crippen LogP contribution in [0.15, 0.2) is 45.4 Å². The van der Waals surface area contributed by atoms with Crippen LogP contribution in [-0.2, 0) is 20.9 Å². The van der Waals surface area contributed by atoms with Gasteiger partial charge < -0.3 is 24.5 Å². The molecule has 0 spiro atoms. The highest BCUT2D eigenvalue weighted by Gasteiger charge is 2.75. The van der Waals surface area contributed by atoms with Gasteiger partial charge in [-0.25, -0.2) is 0 Å². The summed E-state index contributed by atoms with van der Waals surface area (Å²) in [4.78, 5) is 30.8. The molecule has 3 aliphatic heterocycles. The highest BCUT2D eigenvalue weighted by Crippen LogP contribution is 2.58. The number of Topliss-reactive ketones (excluding diaryl/α,β-unsaturated/α-hetero) is 2. The minimum Gasteiger partial charge on any atom is -0.467 e. The van der Waals surface area contributed by atoms with Gasteiger partial charge in [0.25, 0.3) is 0 Å². The van der Waals surface area contributed by atoms with E-state index >= 15 is 0 Å². The summed E-state index contributed by atoms with van der Waals surface area (Å²) in [5.41, 5.74) is 0.536. The highest BCUT2D eigenvalue weighted by atomic mass is 16.5. The van der Waals surface area contributed by atoms with Crippen LogP contribution in [0.25, 0.3) is 0 Å². The summed E-state index contributed by atoms with van der Waals surface area (Å²) in [5.74, 6) is -0.333. The zero-order valence-corrected chi connectivity index (χ0v) is 16.1. The molecule has 4 heterocycles. The molecule has 8 heteroatoms. The van der Waals surface area contributed by atoms with Crippen molar-refractivity contribution in [2.75, 3.05) is 27.3 Å². The van der Waals surface area contributed by atoms with Crippen molar-refractivity contribution in [3.05, 3.63) is 46.7 Å². The molecule has 1 aromatic rings. The van der Waals surface area contributed by atoms with E-state index in [-0.39, 0.29) is 36.0 Å². The lowest BCUT2D eigenvalue weighted by atomic mass is 9.82. The first-order valence-corrected chi connectivity index (χ1v) is 9.43. The van der Waals surface area contributed by atoms with E-state index in [2.05, 4.69) is 10.2 Å². The lowest BCUT2D eigenvalue weighted by Gasteiger charge is -2.40. The zero-order chi connectivity index (χ0) is 19.8. The van der Waals surface area contributed by atoms with Crippen LogP contribution in [0.1, 0.15) is 12.7 Å². The monoisotopic (exact) mass is 385 g/mol. The van der Waals surface area contributed by atoms with Crippen LogP contribution in [0.4, 0.5) is 0 Å². The van der Waals surface area contributed by atoms with Gasteiger partial charge in [0.15, 0.2) is 5.72 Å². The molecule has 5 rings (SSSR count). The number of likely N-dealkylation sites (N-methyl/N-ethyl adjacent to an activating group) is 1. The number of methoxy groups -OCH3 is 1. The first-order chi connectivity index (χ1) is 13.5. The van der Waals surface area contributed by atoms with E-state index < -0.39 is 11.6 Å². The maximum atomic E-state index is 13.4. The molecule has 1 aromatic heterocycles. The van der Waals surface area contributed by atoms with Crippen molar-refractivity contribution in [2.24, 2.45) is 5.92 Å². The summed E-state index contributed by atoms with van der Waals surface area (Å²) >= 11 is 0. The van der Waals surface area contributed by atoms with Crippen LogP contribution in [0.2, 0.25) is 0 Å². The molecule has 1 aliphatic carbocycles. The summed E-state index contributed by atoms with van der Waals surface area (Å²) in [6, 6.07) is 3.90. The van der Waals surface area contributed by atoms with Crippen LogP contribution in [0, 0.1) is 5.92 Å². The van der Waals surface area contributed by atoms with E-state index in [9.17, 15) is 14.7 Å². The fourth-order valence-electron chi connectivity index (χ4n) is 5.37. The van der Waals surface area contributed by atoms with E-state index in [1.807, 2.05) is 11.9 Å². The van der Waals surface area contributed by atoms with Gasteiger partial charge in [-0.1, -0.05) is 0 Å². The summed E-state index contributed by atoms with van der Waals surface area (Å²) in [6.45, 7) is 2.32. The van der Waals surface area contributed by atoms with Crippen molar-refractivity contribution in [1.82, 2.24) is 15.1 Å². The Morgan fingerprint density at radius 3 is 2.82 bits per heavy atom. The highest BCUT2D eigenvalue weighted by molar-refractivity contribution is 6.25. The Bertz CT molecular complexity index is 934. The van der Waals surface area contributed by atoms with Crippen molar-refractivity contribution in [1.29, 1.82) is 0 Å². The fourth-order valence-corrected chi connectivity index (χ4v) is 5.37. The SMILES string of the molecule is COC12C(CO)C3=C(C(=O)C(C)=C(NCc4ccco4)C3=O)N1CC1C2N1C. The molecule has 2 fully saturated rings. The van der Waals surface area contributed by atoms with E-state index in [1.165, 1.54) is 0 Å². The molecule has 5 unspecified atom stereocenters. The Morgan fingerprint density at radius 1 is 1.39 bits per heavy atom. The minimum atomic E-state index is -0.874. The number of fused-ring (bicyclic) bond motifs is 4. The number of aliphatic hydroxyl groups excluding tert-OH is 1. The summed E-state index contributed by atoms with van der Waals surface area (Å²) in [5, 5.41) is 13.3. The average Bonchev–Trinajstić information content (AvgIpc) is 3.09. The number of hydrogen-bond donors (Lipinski definition) is 2. The third-order valence-corrected chi connectivity index (χ3v) is 6.76. The maximum Gasteiger partial charge on any atom is 0.208 e. The Balaban J connectivity index is 1.53. The van der Waals surface area contributed by atoms with Gasteiger partial charge in [0.2, 0.25) is 11.6 Å². The molecule has 28 heavy (non-hydrogen) atoms. The van der Waals surface area contributed by atoms with Gasteiger partial charge >= 0.3 is 0 Å². The second-order valence-electron chi connectivity index (χ2n) is 7.83. The number of piperazine rings is 1. The third kappa shape index (κ3) is 1.95. The van der Waals surface area contributed by atoms with Crippen molar-refractivity contribution in [2.45, 2.75) is 31.3 Å². The molecule has 0 aromatic carbocycles. The predicted molar refractivity (Wildman–Crippen MR) is 97.6 cm³/mol. The second-order valence-corrected chi connectivity index (χ2v) is 7.83. The molecule has 0 amide bonds. The van der Waals surface area contributed by atoms with Crippen LogP contribution < -0.4 is 5.32 Å². The second kappa shape index (κ2) is 5.79. The van der Waals surface area contributed by atoms with Gasteiger partial charge in [0.1, 0.15) is 5.76 Å². The standard InChI is InChI=1S/C20H23N3O5/c1-10-15(21-7-11-5-4-6-28-11)18(26)14-12(9-24)20(27-3)19-13(22(19)2)8-23(20)16(14)17(10)25/h4-6,12-13,19,21,24H,7-9H2,1-3H3. The average molecular weight is 385 g/mol. The van der Waals surface area contributed by atoms with Gasteiger partial charge in [-0.2, -0.15) is 0 Å². The van der Waals surface area contributed by atoms with Gasteiger partial charge in [-0.05, 0) is 26.1 Å². The van der Waals surface area contributed by atoms with Crippen LogP contribution >= 0.6 is 0 Å². The number of rotatable bonds is 5. The molecular formula is C20H23N3O5. The number of ether oxygens (including phenoxy) is 1.